The van der Waals surface area contributed by atoms with Crippen LogP contribution in [0.5, 0.6) is 0 Å². The van der Waals surface area contributed by atoms with Crippen molar-refractivity contribution < 1.29 is 14.3 Å². The molecule has 28 heavy (non-hydrogen) atoms. The molecule has 3 rings (SSSR count). The number of hydrogen-bond donors (Lipinski definition) is 2. The van der Waals surface area contributed by atoms with Gasteiger partial charge in [0.25, 0.3) is 5.91 Å². The molecule has 1 heterocycles. The number of nitrogens with zero attached hydrogens (tertiary/aromatic N) is 1. The van der Waals surface area contributed by atoms with Gasteiger partial charge in [-0.05, 0) is 30.2 Å². The summed E-state index contributed by atoms with van der Waals surface area (Å²) in [6.07, 6.45) is 3.81. The number of ether oxygens (including phenoxy) is 1. The maximum atomic E-state index is 12.4. The standard InChI is InChI=1S/C22H19N3O3/c1-28-22(27)18-8-5-9-19-20(18)17(14-25-19)12-16(13-23)21(26)24-11-10-15-6-3-2-4-7-15/h2-9,12,14,25H,10-11H2,1H3,(H,24,26)/b16-12+. The summed E-state index contributed by atoms with van der Waals surface area (Å²) in [5, 5.41) is 12.8. The molecule has 1 aromatic heterocycles. The van der Waals surface area contributed by atoms with Crippen molar-refractivity contribution in [2.45, 2.75) is 6.42 Å². The maximum absolute atomic E-state index is 12.4. The highest BCUT2D eigenvalue weighted by molar-refractivity contribution is 6.09. The maximum Gasteiger partial charge on any atom is 0.338 e. The Bertz CT molecular complexity index is 1080. The third kappa shape index (κ3) is 4.10. The van der Waals surface area contributed by atoms with Gasteiger partial charge in [-0.1, -0.05) is 36.4 Å². The molecule has 0 aliphatic carbocycles. The Morgan fingerprint density at radius 3 is 2.68 bits per heavy atom. The second-order valence-electron chi connectivity index (χ2n) is 6.13. The number of carbonyl (C=O) groups excluding carboxylic acids is 2. The summed E-state index contributed by atoms with van der Waals surface area (Å²) in [6, 6.07) is 16.9. The Morgan fingerprint density at radius 2 is 1.96 bits per heavy atom. The van der Waals surface area contributed by atoms with Gasteiger partial charge in [0.05, 0.1) is 12.7 Å². The Morgan fingerprint density at radius 1 is 1.18 bits per heavy atom. The van der Waals surface area contributed by atoms with Crippen molar-refractivity contribution in [1.29, 1.82) is 5.26 Å². The number of aromatic amines is 1. The Kier molecular flexibility index (Phi) is 5.87. The van der Waals surface area contributed by atoms with Crippen molar-refractivity contribution in [2.75, 3.05) is 13.7 Å². The summed E-state index contributed by atoms with van der Waals surface area (Å²) < 4.78 is 4.82. The second kappa shape index (κ2) is 8.69. The minimum Gasteiger partial charge on any atom is -0.465 e. The molecule has 0 saturated carbocycles. The normalized spacial score (nSPS) is 11.1. The van der Waals surface area contributed by atoms with E-state index in [4.69, 9.17) is 4.74 Å². The molecule has 6 heteroatoms. The van der Waals surface area contributed by atoms with Gasteiger partial charge < -0.3 is 15.0 Å². The van der Waals surface area contributed by atoms with Crippen LogP contribution in [0.1, 0.15) is 21.5 Å². The van der Waals surface area contributed by atoms with Gasteiger partial charge in [0.1, 0.15) is 11.6 Å². The van der Waals surface area contributed by atoms with Crippen LogP contribution in [0.3, 0.4) is 0 Å². The first-order chi connectivity index (χ1) is 13.6. The van der Waals surface area contributed by atoms with Crippen LogP contribution in [0.2, 0.25) is 0 Å². The molecule has 0 bridgehead atoms. The highest BCUT2D eigenvalue weighted by Crippen LogP contribution is 2.25. The summed E-state index contributed by atoms with van der Waals surface area (Å²) in [5.41, 5.74) is 2.73. The first-order valence-electron chi connectivity index (χ1n) is 8.76. The van der Waals surface area contributed by atoms with Crippen molar-refractivity contribution in [3.8, 4) is 6.07 Å². The van der Waals surface area contributed by atoms with E-state index in [1.807, 2.05) is 42.5 Å². The van der Waals surface area contributed by atoms with Crippen LogP contribution in [0, 0.1) is 11.3 Å². The third-order valence-electron chi connectivity index (χ3n) is 4.35. The zero-order valence-corrected chi connectivity index (χ0v) is 15.4. The predicted octanol–water partition coefficient (Wildman–Crippen LogP) is 3.22. The quantitative estimate of drug-likeness (QED) is 0.394. The van der Waals surface area contributed by atoms with Gasteiger partial charge in [-0.2, -0.15) is 5.26 Å². The van der Waals surface area contributed by atoms with Crippen molar-refractivity contribution >= 4 is 28.9 Å². The van der Waals surface area contributed by atoms with Crippen LogP contribution < -0.4 is 5.32 Å². The van der Waals surface area contributed by atoms with Crippen LogP contribution in [0.15, 0.2) is 60.3 Å². The van der Waals surface area contributed by atoms with Gasteiger partial charge in [0, 0.05) is 29.2 Å². The smallest absolute Gasteiger partial charge is 0.338 e. The van der Waals surface area contributed by atoms with E-state index in [-0.39, 0.29) is 5.57 Å². The van der Waals surface area contributed by atoms with Gasteiger partial charge in [-0.3, -0.25) is 4.79 Å². The number of nitriles is 1. The molecule has 0 radical (unpaired) electrons. The molecule has 0 aliphatic heterocycles. The number of rotatable bonds is 6. The summed E-state index contributed by atoms with van der Waals surface area (Å²) in [7, 11) is 1.31. The largest absolute Gasteiger partial charge is 0.465 e. The Balaban J connectivity index is 1.81. The lowest BCUT2D eigenvalue weighted by atomic mass is 10.0. The zero-order chi connectivity index (χ0) is 19.9. The Hall–Kier alpha value is -3.85. The van der Waals surface area contributed by atoms with Crippen LogP contribution >= 0.6 is 0 Å². The van der Waals surface area contributed by atoms with E-state index in [0.29, 0.717) is 29.5 Å². The number of amides is 1. The fourth-order valence-corrected chi connectivity index (χ4v) is 2.97. The van der Waals surface area contributed by atoms with Crippen molar-refractivity contribution in [2.24, 2.45) is 0 Å². The van der Waals surface area contributed by atoms with Crippen LogP contribution in [-0.2, 0) is 16.0 Å². The lowest BCUT2D eigenvalue weighted by Crippen LogP contribution is -2.26. The predicted molar refractivity (Wildman–Crippen MR) is 106 cm³/mol. The number of fused-ring (bicyclic) bond motifs is 1. The molecular weight excluding hydrogens is 354 g/mol. The van der Waals surface area contributed by atoms with Crippen molar-refractivity contribution in [3.05, 3.63) is 77.0 Å². The molecule has 3 aromatic rings. The topological polar surface area (TPSA) is 95.0 Å². The fraction of sp³-hybridized carbons (Fsp3) is 0.136. The van der Waals surface area contributed by atoms with E-state index in [0.717, 1.165) is 11.1 Å². The highest BCUT2D eigenvalue weighted by Gasteiger charge is 2.16. The minimum atomic E-state index is -0.481. The van der Waals surface area contributed by atoms with E-state index < -0.39 is 11.9 Å². The van der Waals surface area contributed by atoms with Gasteiger partial charge in [-0.15, -0.1) is 0 Å². The van der Waals surface area contributed by atoms with Crippen LogP contribution in [0.25, 0.3) is 17.0 Å². The average Bonchev–Trinajstić information content (AvgIpc) is 3.15. The number of hydrogen-bond acceptors (Lipinski definition) is 4. The SMILES string of the molecule is COC(=O)c1cccc2[nH]cc(/C=C(\C#N)C(=O)NCCc3ccccc3)c12. The summed E-state index contributed by atoms with van der Waals surface area (Å²) in [6.45, 7) is 0.420. The molecule has 0 fully saturated rings. The van der Waals surface area contributed by atoms with Gasteiger partial charge in [0.15, 0.2) is 0 Å². The molecule has 0 spiro atoms. The van der Waals surface area contributed by atoms with E-state index >= 15 is 0 Å². The van der Waals surface area contributed by atoms with Gasteiger partial charge >= 0.3 is 5.97 Å². The molecular formula is C22H19N3O3. The van der Waals surface area contributed by atoms with Crippen molar-refractivity contribution in [3.63, 3.8) is 0 Å². The lowest BCUT2D eigenvalue weighted by Gasteiger charge is -2.05. The summed E-state index contributed by atoms with van der Waals surface area (Å²) >= 11 is 0. The number of carbonyl (C=O) groups is 2. The number of benzene rings is 2. The monoisotopic (exact) mass is 373 g/mol. The highest BCUT2D eigenvalue weighted by atomic mass is 16.5. The molecule has 0 aliphatic rings. The van der Waals surface area contributed by atoms with Crippen LogP contribution in [-0.4, -0.2) is 30.5 Å². The molecule has 1 amide bonds. The summed E-state index contributed by atoms with van der Waals surface area (Å²) in [5.74, 6) is -0.936. The van der Waals surface area contributed by atoms with Crippen LogP contribution in [0.4, 0.5) is 0 Å². The summed E-state index contributed by atoms with van der Waals surface area (Å²) in [4.78, 5) is 27.5. The molecule has 2 aromatic carbocycles. The number of nitrogens with one attached hydrogen (secondary N) is 2. The van der Waals surface area contributed by atoms with Gasteiger partial charge in [0.2, 0.25) is 0 Å². The molecule has 140 valence electrons. The van der Waals surface area contributed by atoms with E-state index in [2.05, 4.69) is 10.3 Å². The average molecular weight is 373 g/mol. The number of H-pyrrole nitrogens is 1. The number of methoxy groups -OCH3 is 1. The van der Waals surface area contributed by atoms with E-state index in [1.54, 1.807) is 18.3 Å². The lowest BCUT2D eigenvalue weighted by molar-refractivity contribution is -0.117. The van der Waals surface area contributed by atoms with Gasteiger partial charge in [-0.25, -0.2) is 4.79 Å². The van der Waals surface area contributed by atoms with E-state index in [1.165, 1.54) is 13.2 Å². The molecule has 0 saturated heterocycles. The molecule has 6 nitrogen and oxygen atoms in total. The minimum absolute atomic E-state index is 0.0337. The van der Waals surface area contributed by atoms with E-state index in [9.17, 15) is 14.9 Å². The molecule has 0 atom stereocenters. The first kappa shape index (κ1) is 18.9. The zero-order valence-electron chi connectivity index (χ0n) is 15.4. The fourth-order valence-electron chi connectivity index (χ4n) is 2.97. The van der Waals surface area contributed by atoms with Crippen molar-refractivity contribution in [1.82, 2.24) is 10.3 Å². The number of esters is 1. The molecule has 0 unspecified atom stereocenters. The molecule has 2 N–H and O–H groups in total. The first-order valence-corrected chi connectivity index (χ1v) is 8.76. The Labute approximate surface area is 162 Å². The third-order valence-corrected chi connectivity index (χ3v) is 4.35. The number of aromatic nitrogens is 1. The second-order valence-corrected chi connectivity index (χ2v) is 6.13.